The Kier molecular flexibility index (Phi) is 4.99. The molecule has 1 rings (SSSR count). The standard InChI is InChI=1S/C13H13F2N/c1-2-4-11(14)5-3-10-16-13-8-6-12(15)7-9-13/h2-9,16H,1,10H2/b5-3-,11-4+. The first-order valence-corrected chi connectivity index (χ1v) is 4.86. The van der Waals surface area contributed by atoms with Crippen molar-refractivity contribution < 1.29 is 8.78 Å². The molecule has 1 N–H and O–H groups in total. The Morgan fingerprint density at radius 3 is 2.62 bits per heavy atom. The first-order chi connectivity index (χ1) is 7.72. The lowest BCUT2D eigenvalue weighted by atomic mass is 10.3. The van der Waals surface area contributed by atoms with Crippen molar-refractivity contribution in [3.05, 3.63) is 66.8 Å². The van der Waals surface area contributed by atoms with Crippen molar-refractivity contribution in [1.82, 2.24) is 0 Å². The molecule has 0 fully saturated rings. The molecule has 3 heteroatoms. The fourth-order valence-electron chi connectivity index (χ4n) is 1.08. The average molecular weight is 221 g/mol. The first-order valence-electron chi connectivity index (χ1n) is 4.86. The van der Waals surface area contributed by atoms with Crippen LogP contribution in [0.25, 0.3) is 0 Å². The number of nitrogens with one attached hydrogen (secondary N) is 1. The molecular weight excluding hydrogens is 208 g/mol. The van der Waals surface area contributed by atoms with E-state index in [-0.39, 0.29) is 11.6 Å². The molecule has 0 aliphatic carbocycles. The van der Waals surface area contributed by atoms with E-state index >= 15 is 0 Å². The quantitative estimate of drug-likeness (QED) is 0.745. The highest BCUT2D eigenvalue weighted by Crippen LogP contribution is 2.07. The summed E-state index contributed by atoms with van der Waals surface area (Å²) < 4.78 is 25.4. The summed E-state index contributed by atoms with van der Waals surface area (Å²) in [6, 6.07) is 5.98. The fourth-order valence-corrected chi connectivity index (χ4v) is 1.08. The highest BCUT2D eigenvalue weighted by molar-refractivity contribution is 5.43. The van der Waals surface area contributed by atoms with E-state index in [1.54, 1.807) is 18.2 Å². The fraction of sp³-hybridized carbons (Fsp3) is 0.0769. The Morgan fingerprint density at radius 1 is 1.31 bits per heavy atom. The van der Waals surface area contributed by atoms with Crippen molar-refractivity contribution >= 4 is 5.69 Å². The van der Waals surface area contributed by atoms with Crippen LogP contribution in [0.5, 0.6) is 0 Å². The van der Waals surface area contributed by atoms with Crippen LogP contribution in [0, 0.1) is 5.82 Å². The van der Waals surface area contributed by atoms with Gasteiger partial charge in [0.25, 0.3) is 0 Å². The second kappa shape index (κ2) is 6.56. The van der Waals surface area contributed by atoms with E-state index in [2.05, 4.69) is 11.9 Å². The van der Waals surface area contributed by atoms with Crippen LogP contribution in [-0.4, -0.2) is 6.54 Å². The summed E-state index contributed by atoms with van der Waals surface area (Å²) in [5.74, 6) is -0.628. The molecule has 0 atom stereocenters. The van der Waals surface area contributed by atoms with E-state index in [9.17, 15) is 8.78 Å². The number of benzene rings is 1. The van der Waals surface area contributed by atoms with Gasteiger partial charge in [-0.1, -0.05) is 18.7 Å². The molecule has 1 nitrogen and oxygen atoms in total. The minimum absolute atomic E-state index is 0.277. The van der Waals surface area contributed by atoms with E-state index in [0.717, 1.165) is 5.69 Å². The number of rotatable bonds is 5. The summed E-state index contributed by atoms with van der Waals surface area (Å²) in [5.41, 5.74) is 0.791. The minimum Gasteiger partial charge on any atom is -0.382 e. The summed E-state index contributed by atoms with van der Waals surface area (Å²) in [6.45, 7) is 3.86. The number of allylic oxidation sites excluding steroid dienone is 4. The summed E-state index contributed by atoms with van der Waals surface area (Å²) in [6.07, 6.45) is 5.64. The van der Waals surface area contributed by atoms with Gasteiger partial charge in [0.15, 0.2) is 0 Å². The molecule has 0 aliphatic rings. The SMILES string of the molecule is C=C/C=C(F)\C=C/CNc1ccc(F)cc1. The van der Waals surface area contributed by atoms with Crippen LogP contribution >= 0.6 is 0 Å². The molecule has 0 aliphatic heterocycles. The van der Waals surface area contributed by atoms with E-state index in [1.807, 2.05) is 0 Å². The maximum absolute atomic E-state index is 12.8. The molecule has 0 aromatic heterocycles. The average Bonchev–Trinajstić information content (AvgIpc) is 2.27. The van der Waals surface area contributed by atoms with Gasteiger partial charge in [0.05, 0.1) is 0 Å². The Labute approximate surface area is 93.8 Å². The number of hydrogen-bond donors (Lipinski definition) is 1. The Morgan fingerprint density at radius 2 is 2.00 bits per heavy atom. The minimum atomic E-state index is -0.351. The lowest BCUT2D eigenvalue weighted by molar-refractivity contribution is 0.628. The molecule has 0 amide bonds. The van der Waals surface area contributed by atoms with E-state index in [4.69, 9.17) is 0 Å². The van der Waals surface area contributed by atoms with Gasteiger partial charge in [0.1, 0.15) is 11.6 Å². The zero-order valence-corrected chi connectivity index (χ0v) is 8.79. The number of anilines is 1. The van der Waals surface area contributed by atoms with Gasteiger partial charge >= 0.3 is 0 Å². The van der Waals surface area contributed by atoms with Gasteiger partial charge in [-0.15, -0.1) is 0 Å². The molecule has 1 aromatic carbocycles. The Hall–Kier alpha value is -1.90. The van der Waals surface area contributed by atoms with Gasteiger partial charge in [-0.2, -0.15) is 0 Å². The van der Waals surface area contributed by atoms with Crippen molar-refractivity contribution in [3.8, 4) is 0 Å². The smallest absolute Gasteiger partial charge is 0.123 e. The zero-order chi connectivity index (χ0) is 11.8. The van der Waals surface area contributed by atoms with Crippen molar-refractivity contribution in [1.29, 1.82) is 0 Å². The predicted octanol–water partition coefficient (Wildman–Crippen LogP) is 3.83. The molecule has 0 bridgehead atoms. The molecule has 0 saturated carbocycles. The van der Waals surface area contributed by atoms with Crippen LogP contribution in [0.4, 0.5) is 14.5 Å². The molecule has 0 saturated heterocycles. The van der Waals surface area contributed by atoms with Crippen molar-refractivity contribution in [3.63, 3.8) is 0 Å². The Balaban J connectivity index is 2.38. The summed E-state index contributed by atoms with van der Waals surface area (Å²) in [5, 5.41) is 3.00. The maximum atomic E-state index is 12.8. The van der Waals surface area contributed by atoms with E-state index in [0.29, 0.717) is 6.54 Å². The second-order valence-corrected chi connectivity index (χ2v) is 3.08. The van der Waals surface area contributed by atoms with Crippen molar-refractivity contribution in [2.45, 2.75) is 0 Å². The monoisotopic (exact) mass is 221 g/mol. The Bertz CT molecular complexity index is 391. The maximum Gasteiger partial charge on any atom is 0.123 e. The van der Waals surface area contributed by atoms with Crippen LogP contribution in [0.3, 0.4) is 0 Å². The topological polar surface area (TPSA) is 12.0 Å². The lowest BCUT2D eigenvalue weighted by Crippen LogP contribution is -1.97. The van der Waals surface area contributed by atoms with Gasteiger partial charge in [0, 0.05) is 12.2 Å². The van der Waals surface area contributed by atoms with E-state index in [1.165, 1.54) is 30.4 Å². The summed E-state index contributed by atoms with van der Waals surface area (Å²) >= 11 is 0. The summed E-state index contributed by atoms with van der Waals surface area (Å²) in [7, 11) is 0. The summed E-state index contributed by atoms with van der Waals surface area (Å²) in [4.78, 5) is 0. The number of halogens is 2. The predicted molar refractivity (Wildman–Crippen MR) is 63.4 cm³/mol. The normalized spacial score (nSPS) is 11.8. The third-order valence-electron chi connectivity index (χ3n) is 1.82. The van der Waals surface area contributed by atoms with E-state index < -0.39 is 0 Å². The van der Waals surface area contributed by atoms with Gasteiger partial charge in [-0.25, -0.2) is 8.78 Å². The van der Waals surface area contributed by atoms with Crippen LogP contribution in [0.2, 0.25) is 0 Å². The largest absolute Gasteiger partial charge is 0.382 e. The molecule has 1 aromatic rings. The highest BCUT2D eigenvalue weighted by atomic mass is 19.1. The molecular formula is C13H13F2N. The van der Waals surface area contributed by atoms with Crippen LogP contribution in [0.1, 0.15) is 0 Å². The molecule has 84 valence electrons. The lowest BCUT2D eigenvalue weighted by Gasteiger charge is -2.01. The highest BCUT2D eigenvalue weighted by Gasteiger charge is 1.90. The van der Waals surface area contributed by atoms with Gasteiger partial charge in [-0.05, 0) is 36.4 Å². The van der Waals surface area contributed by atoms with Crippen molar-refractivity contribution in [2.75, 3.05) is 11.9 Å². The first kappa shape index (κ1) is 12.2. The molecule has 0 spiro atoms. The number of hydrogen-bond acceptors (Lipinski definition) is 1. The molecule has 0 radical (unpaired) electrons. The molecule has 16 heavy (non-hydrogen) atoms. The third kappa shape index (κ3) is 4.55. The van der Waals surface area contributed by atoms with Crippen LogP contribution in [-0.2, 0) is 0 Å². The molecule has 0 unspecified atom stereocenters. The third-order valence-corrected chi connectivity index (χ3v) is 1.82. The van der Waals surface area contributed by atoms with Crippen LogP contribution < -0.4 is 5.32 Å². The molecule has 0 heterocycles. The van der Waals surface area contributed by atoms with Crippen LogP contribution in [0.15, 0.2) is 61.0 Å². The second-order valence-electron chi connectivity index (χ2n) is 3.08. The van der Waals surface area contributed by atoms with Gasteiger partial charge in [0.2, 0.25) is 0 Å². The van der Waals surface area contributed by atoms with Gasteiger partial charge in [-0.3, -0.25) is 0 Å². The van der Waals surface area contributed by atoms with Crippen molar-refractivity contribution in [2.24, 2.45) is 0 Å². The zero-order valence-electron chi connectivity index (χ0n) is 8.79. The van der Waals surface area contributed by atoms with Gasteiger partial charge < -0.3 is 5.32 Å².